The molecule has 0 amide bonds. The Morgan fingerprint density at radius 3 is 1.75 bits per heavy atom. The minimum absolute atomic E-state index is 0.109. The molecule has 0 aliphatic carbocycles. The first-order chi connectivity index (χ1) is 13.5. The van der Waals surface area contributed by atoms with Crippen molar-refractivity contribution in [1.29, 1.82) is 0 Å². The van der Waals surface area contributed by atoms with E-state index in [0.29, 0.717) is 11.1 Å². The van der Waals surface area contributed by atoms with Crippen molar-refractivity contribution in [1.82, 2.24) is 0 Å². The summed E-state index contributed by atoms with van der Waals surface area (Å²) in [5.41, 5.74) is 1.33. The van der Waals surface area contributed by atoms with Gasteiger partial charge in [-0.15, -0.1) is 0 Å². The van der Waals surface area contributed by atoms with Gasteiger partial charge in [0.2, 0.25) is 0 Å². The molecule has 4 N–H and O–H groups in total. The number of aliphatic hydroxyl groups is 2. The number of rotatable bonds is 2. The summed E-state index contributed by atoms with van der Waals surface area (Å²) in [6, 6.07) is 12.7. The molecule has 28 heavy (non-hydrogen) atoms. The third-order valence-electron chi connectivity index (χ3n) is 4.84. The van der Waals surface area contributed by atoms with E-state index in [0.717, 1.165) is 0 Å². The molecule has 2 unspecified atom stereocenters. The smallest absolute Gasteiger partial charge is 0.184 e. The predicted molar refractivity (Wildman–Crippen MR) is 95.4 cm³/mol. The fourth-order valence-corrected chi connectivity index (χ4v) is 3.28. The van der Waals surface area contributed by atoms with Crippen molar-refractivity contribution in [2.75, 3.05) is 13.2 Å². The Morgan fingerprint density at radius 2 is 1.18 bits per heavy atom. The Balaban J connectivity index is 1.54. The minimum Gasteiger partial charge on any atom is -0.508 e. The molecule has 0 spiro atoms. The number of phenolic OH excluding ortho intramolecular Hbond substituents is 2. The molecular weight excluding hydrogens is 368 g/mol. The number of hydrogen-bond donors (Lipinski definition) is 4. The predicted octanol–water partition coefficient (Wildman–Crippen LogP) is 1.35. The van der Waals surface area contributed by atoms with Gasteiger partial charge in [-0.2, -0.15) is 0 Å². The number of aromatic hydroxyl groups is 2. The monoisotopic (exact) mass is 390 g/mol. The number of phenols is 2. The molecule has 0 saturated carbocycles. The number of benzene rings is 2. The third-order valence-corrected chi connectivity index (χ3v) is 4.84. The van der Waals surface area contributed by atoms with Crippen LogP contribution in [0.2, 0.25) is 0 Å². The Labute approximate surface area is 161 Å². The van der Waals surface area contributed by atoms with Crippen LogP contribution in [0.25, 0.3) is 0 Å². The highest BCUT2D eigenvalue weighted by atomic mass is 16.7. The quantitative estimate of drug-likeness (QED) is 0.607. The molecule has 150 valence electrons. The second kappa shape index (κ2) is 8.04. The van der Waals surface area contributed by atoms with E-state index in [9.17, 15) is 20.4 Å². The van der Waals surface area contributed by atoms with E-state index in [4.69, 9.17) is 18.9 Å². The van der Waals surface area contributed by atoms with Gasteiger partial charge in [0.15, 0.2) is 12.6 Å². The lowest BCUT2D eigenvalue weighted by atomic mass is 10.0. The molecule has 2 fully saturated rings. The zero-order chi connectivity index (χ0) is 19.7. The molecule has 2 heterocycles. The lowest BCUT2D eigenvalue weighted by Crippen LogP contribution is -2.55. The van der Waals surface area contributed by atoms with Gasteiger partial charge in [0, 0.05) is 11.1 Å². The molecule has 8 nitrogen and oxygen atoms in total. The Hall–Kier alpha value is -2.20. The summed E-state index contributed by atoms with van der Waals surface area (Å²) in [5.74, 6) is 0.236. The first-order valence-corrected chi connectivity index (χ1v) is 8.99. The van der Waals surface area contributed by atoms with Gasteiger partial charge in [-0.3, -0.25) is 0 Å². The van der Waals surface area contributed by atoms with E-state index in [1.54, 1.807) is 24.3 Å². The van der Waals surface area contributed by atoms with Gasteiger partial charge >= 0.3 is 0 Å². The number of ether oxygens (including phenoxy) is 4. The third kappa shape index (κ3) is 3.97. The number of hydrogen-bond acceptors (Lipinski definition) is 8. The summed E-state index contributed by atoms with van der Waals surface area (Å²) in [5, 5.41) is 39.7. The van der Waals surface area contributed by atoms with Gasteiger partial charge in [-0.05, 0) is 24.3 Å². The second-order valence-corrected chi connectivity index (χ2v) is 6.85. The Bertz CT molecular complexity index is 778. The second-order valence-electron chi connectivity index (χ2n) is 6.85. The van der Waals surface area contributed by atoms with Crippen molar-refractivity contribution in [3.05, 3.63) is 59.7 Å². The molecule has 0 radical (unpaired) electrons. The maximum absolute atomic E-state index is 10.5. The highest BCUT2D eigenvalue weighted by Crippen LogP contribution is 2.35. The van der Waals surface area contributed by atoms with E-state index < -0.39 is 37.0 Å². The average molecular weight is 390 g/mol. The number of fused-ring (bicyclic) bond motifs is 1. The molecule has 2 saturated heterocycles. The van der Waals surface area contributed by atoms with Crippen LogP contribution in [0.1, 0.15) is 23.7 Å². The van der Waals surface area contributed by atoms with Gasteiger partial charge in [-0.1, -0.05) is 24.3 Å². The summed E-state index contributed by atoms with van der Waals surface area (Å²) < 4.78 is 23.2. The van der Waals surface area contributed by atoms with E-state index >= 15 is 0 Å². The lowest BCUT2D eigenvalue weighted by Gasteiger charge is -2.42. The van der Waals surface area contributed by atoms with E-state index in [-0.39, 0.29) is 24.7 Å². The van der Waals surface area contributed by atoms with Crippen LogP contribution >= 0.6 is 0 Å². The van der Waals surface area contributed by atoms with Crippen molar-refractivity contribution >= 4 is 0 Å². The van der Waals surface area contributed by atoms with Crippen LogP contribution in [0.5, 0.6) is 11.5 Å². The van der Waals surface area contributed by atoms with Gasteiger partial charge in [-0.25, -0.2) is 0 Å². The topological polar surface area (TPSA) is 118 Å². The molecule has 8 heteroatoms. The van der Waals surface area contributed by atoms with E-state index in [1.807, 2.05) is 0 Å². The summed E-state index contributed by atoms with van der Waals surface area (Å²) >= 11 is 0. The molecule has 6 atom stereocenters. The Kier molecular flexibility index (Phi) is 5.49. The van der Waals surface area contributed by atoms with E-state index in [2.05, 4.69) is 0 Å². The molecule has 2 aliphatic heterocycles. The summed E-state index contributed by atoms with van der Waals surface area (Å²) in [4.78, 5) is 0. The first-order valence-electron chi connectivity index (χ1n) is 8.99. The molecule has 4 rings (SSSR count). The zero-order valence-corrected chi connectivity index (χ0v) is 14.9. The van der Waals surface area contributed by atoms with Crippen molar-refractivity contribution in [2.45, 2.75) is 37.0 Å². The van der Waals surface area contributed by atoms with Crippen molar-refractivity contribution in [3.63, 3.8) is 0 Å². The fraction of sp³-hybridized carbons (Fsp3) is 0.400. The fourth-order valence-electron chi connectivity index (χ4n) is 3.28. The normalized spacial score (nSPS) is 33.5. The molecule has 2 aromatic rings. The Morgan fingerprint density at radius 1 is 0.679 bits per heavy atom. The van der Waals surface area contributed by atoms with Crippen LogP contribution in [-0.4, -0.2) is 58.1 Å². The van der Waals surface area contributed by atoms with Crippen LogP contribution in [0.3, 0.4) is 0 Å². The van der Waals surface area contributed by atoms with Crippen LogP contribution in [0, 0.1) is 0 Å². The van der Waals surface area contributed by atoms with Crippen molar-refractivity contribution < 1.29 is 39.4 Å². The lowest BCUT2D eigenvalue weighted by molar-refractivity contribution is -0.332. The van der Waals surface area contributed by atoms with Gasteiger partial charge in [0.05, 0.1) is 13.2 Å². The van der Waals surface area contributed by atoms with Crippen LogP contribution in [-0.2, 0) is 18.9 Å². The first kappa shape index (κ1) is 19.1. The summed E-state index contributed by atoms with van der Waals surface area (Å²) in [7, 11) is 0. The molecule has 2 aromatic carbocycles. The van der Waals surface area contributed by atoms with E-state index in [1.165, 1.54) is 24.3 Å². The average Bonchev–Trinajstić information content (AvgIpc) is 2.71. The van der Waals surface area contributed by atoms with Crippen LogP contribution in [0.4, 0.5) is 0 Å². The summed E-state index contributed by atoms with van der Waals surface area (Å²) in [6.07, 6.45) is -5.50. The van der Waals surface area contributed by atoms with Crippen molar-refractivity contribution in [2.24, 2.45) is 0 Å². The van der Waals surface area contributed by atoms with Crippen LogP contribution < -0.4 is 0 Å². The molecular formula is C20H22O8. The highest BCUT2D eigenvalue weighted by molar-refractivity contribution is 5.27. The highest BCUT2D eigenvalue weighted by Gasteiger charge is 2.44. The molecule has 2 aliphatic rings. The minimum atomic E-state index is -1.23. The molecule has 0 aromatic heterocycles. The number of aliphatic hydroxyl groups excluding tert-OH is 2. The van der Waals surface area contributed by atoms with Gasteiger partial charge in [0.25, 0.3) is 0 Å². The van der Waals surface area contributed by atoms with Gasteiger partial charge in [0.1, 0.15) is 35.9 Å². The maximum atomic E-state index is 10.5. The maximum Gasteiger partial charge on any atom is 0.184 e. The largest absolute Gasteiger partial charge is 0.508 e. The van der Waals surface area contributed by atoms with Crippen molar-refractivity contribution in [3.8, 4) is 11.5 Å². The molecule has 0 bridgehead atoms. The SMILES string of the molecule is Oc1ccc(C2OC[C@H]3OC(c4ccc(O)cc4)OC[C@H](O)[C@H](O)[C@H]3O2)cc1. The summed E-state index contributed by atoms with van der Waals surface area (Å²) in [6.45, 7) is -0.0397. The van der Waals surface area contributed by atoms with Gasteiger partial charge < -0.3 is 39.4 Å². The van der Waals surface area contributed by atoms with Crippen LogP contribution in [0.15, 0.2) is 48.5 Å². The zero-order valence-electron chi connectivity index (χ0n) is 14.9. The standard InChI is InChI=1S/C20H22O8/c21-13-5-1-11(2-6-13)19-25-9-15(23)17(24)18-16(27-19)10-26-20(28-18)12-3-7-14(22)8-4-12/h1-8,15-24H,9-10H2/t15-,16+,17-,18-,19?,20?/m0/s1.